The van der Waals surface area contributed by atoms with Crippen molar-refractivity contribution in [2.24, 2.45) is 0 Å². The Balaban J connectivity index is 1.53. The molecule has 2 aliphatic rings. The highest BCUT2D eigenvalue weighted by molar-refractivity contribution is 7.86. The minimum absolute atomic E-state index is 0.554. The molecule has 24 heavy (non-hydrogen) atoms. The molecule has 2 fully saturated rings. The fourth-order valence-corrected chi connectivity index (χ4v) is 5.14. The molecular formula is C18H29N3O2S. The number of hydrogen-bond acceptors (Lipinski definition) is 3. The van der Waals surface area contributed by atoms with Crippen molar-refractivity contribution in [1.29, 1.82) is 0 Å². The molecule has 0 amide bonds. The summed E-state index contributed by atoms with van der Waals surface area (Å²) < 4.78 is 28.5. The summed E-state index contributed by atoms with van der Waals surface area (Å²) >= 11 is 0. The Hall–Kier alpha value is -0.950. The van der Waals surface area contributed by atoms with Gasteiger partial charge >= 0.3 is 0 Å². The average Bonchev–Trinajstić information content (AvgIpc) is 3.11. The number of benzene rings is 1. The number of nitrogens with zero attached hydrogens (tertiary/aromatic N) is 3. The Labute approximate surface area is 146 Å². The third-order valence-electron chi connectivity index (χ3n) is 5.10. The van der Waals surface area contributed by atoms with E-state index in [0.29, 0.717) is 32.1 Å². The van der Waals surface area contributed by atoms with Crippen LogP contribution in [-0.2, 0) is 16.8 Å². The van der Waals surface area contributed by atoms with Crippen LogP contribution in [0.25, 0.3) is 0 Å². The summed E-state index contributed by atoms with van der Waals surface area (Å²) in [6.07, 6.45) is 1.98. The van der Waals surface area contributed by atoms with Crippen LogP contribution in [-0.4, -0.2) is 61.2 Å². The fraction of sp³-hybridized carbons (Fsp3) is 0.667. The Morgan fingerprint density at radius 2 is 1.42 bits per heavy atom. The van der Waals surface area contributed by atoms with E-state index in [2.05, 4.69) is 43.0 Å². The van der Waals surface area contributed by atoms with E-state index in [1.165, 1.54) is 11.1 Å². The molecule has 2 aliphatic heterocycles. The van der Waals surface area contributed by atoms with Crippen LogP contribution in [0, 0.1) is 0 Å². The van der Waals surface area contributed by atoms with Gasteiger partial charge in [0.2, 0.25) is 0 Å². The van der Waals surface area contributed by atoms with Gasteiger partial charge in [-0.25, -0.2) is 0 Å². The fourth-order valence-electron chi connectivity index (χ4n) is 3.47. The second-order valence-electron chi connectivity index (χ2n) is 7.19. The van der Waals surface area contributed by atoms with Gasteiger partial charge < -0.3 is 0 Å². The SMILES string of the molecule is CC(C)c1ccc(CN2CCN(S(=O)(=O)N3CCCC3)CC2)cc1. The van der Waals surface area contributed by atoms with E-state index < -0.39 is 10.2 Å². The smallest absolute Gasteiger partial charge is 0.282 e. The minimum Gasteiger partial charge on any atom is -0.296 e. The maximum atomic E-state index is 12.6. The van der Waals surface area contributed by atoms with Crippen molar-refractivity contribution in [2.45, 2.75) is 39.2 Å². The van der Waals surface area contributed by atoms with Crippen molar-refractivity contribution in [3.05, 3.63) is 35.4 Å². The van der Waals surface area contributed by atoms with Crippen molar-refractivity contribution in [3.8, 4) is 0 Å². The van der Waals surface area contributed by atoms with Gasteiger partial charge in [0.25, 0.3) is 10.2 Å². The van der Waals surface area contributed by atoms with Gasteiger partial charge in [-0.15, -0.1) is 0 Å². The first kappa shape index (κ1) is 17.9. The summed E-state index contributed by atoms with van der Waals surface area (Å²) in [6, 6.07) is 8.80. The van der Waals surface area contributed by atoms with Crippen LogP contribution in [0.4, 0.5) is 0 Å². The average molecular weight is 352 g/mol. The van der Waals surface area contributed by atoms with E-state index in [1.807, 2.05) is 0 Å². The monoisotopic (exact) mass is 351 g/mol. The van der Waals surface area contributed by atoms with Crippen molar-refractivity contribution < 1.29 is 8.42 Å². The first-order chi connectivity index (χ1) is 11.5. The molecule has 0 atom stereocenters. The van der Waals surface area contributed by atoms with Gasteiger partial charge in [-0.2, -0.15) is 17.0 Å². The summed E-state index contributed by atoms with van der Waals surface area (Å²) in [5, 5.41) is 0. The van der Waals surface area contributed by atoms with Crippen LogP contribution < -0.4 is 0 Å². The van der Waals surface area contributed by atoms with Crippen LogP contribution in [0.3, 0.4) is 0 Å². The summed E-state index contributed by atoms with van der Waals surface area (Å²) in [7, 11) is -3.23. The standard InChI is InChI=1S/C18H29N3O2S/c1-16(2)18-7-5-17(6-8-18)15-19-11-13-21(14-12-19)24(22,23)20-9-3-4-10-20/h5-8,16H,3-4,9-15H2,1-2H3. The molecule has 0 N–H and O–H groups in total. The summed E-state index contributed by atoms with van der Waals surface area (Å²) in [5.74, 6) is 0.554. The zero-order chi connectivity index (χ0) is 17.2. The Bertz CT molecular complexity index is 629. The lowest BCUT2D eigenvalue weighted by atomic mass is 10.0. The van der Waals surface area contributed by atoms with Crippen LogP contribution in [0.15, 0.2) is 24.3 Å². The molecular weight excluding hydrogens is 322 g/mol. The summed E-state index contributed by atoms with van der Waals surface area (Å²) in [5.41, 5.74) is 2.66. The second-order valence-corrected chi connectivity index (χ2v) is 9.11. The summed E-state index contributed by atoms with van der Waals surface area (Å²) in [4.78, 5) is 2.35. The second kappa shape index (κ2) is 7.52. The topological polar surface area (TPSA) is 43.9 Å². The molecule has 3 rings (SSSR count). The van der Waals surface area contributed by atoms with Crippen molar-refractivity contribution >= 4 is 10.2 Å². The maximum absolute atomic E-state index is 12.6. The molecule has 0 aromatic heterocycles. The van der Waals surface area contributed by atoms with Crippen molar-refractivity contribution in [3.63, 3.8) is 0 Å². The highest BCUT2D eigenvalue weighted by Gasteiger charge is 2.33. The van der Waals surface area contributed by atoms with Crippen LogP contribution in [0.2, 0.25) is 0 Å². The summed E-state index contributed by atoms with van der Waals surface area (Å²) in [6.45, 7) is 9.49. The highest BCUT2D eigenvalue weighted by Crippen LogP contribution is 2.19. The Morgan fingerprint density at radius 3 is 1.96 bits per heavy atom. The highest BCUT2D eigenvalue weighted by atomic mass is 32.2. The van der Waals surface area contributed by atoms with Crippen LogP contribution in [0.1, 0.15) is 43.7 Å². The van der Waals surface area contributed by atoms with Gasteiger partial charge in [0, 0.05) is 45.8 Å². The molecule has 0 bridgehead atoms. The van der Waals surface area contributed by atoms with Crippen molar-refractivity contribution in [1.82, 2.24) is 13.5 Å². The zero-order valence-electron chi connectivity index (χ0n) is 14.8. The van der Waals surface area contributed by atoms with Crippen molar-refractivity contribution in [2.75, 3.05) is 39.3 Å². The van der Waals surface area contributed by atoms with Gasteiger partial charge in [0.1, 0.15) is 0 Å². The maximum Gasteiger partial charge on any atom is 0.282 e. The normalized spacial score (nSPS) is 21.6. The third-order valence-corrected chi connectivity index (χ3v) is 7.14. The molecule has 5 nitrogen and oxygen atoms in total. The lowest BCUT2D eigenvalue weighted by Crippen LogP contribution is -2.52. The Morgan fingerprint density at radius 1 is 0.875 bits per heavy atom. The molecule has 1 aromatic rings. The molecule has 0 saturated carbocycles. The minimum atomic E-state index is -3.23. The molecule has 0 unspecified atom stereocenters. The molecule has 0 radical (unpaired) electrons. The van der Waals surface area contributed by atoms with Crippen LogP contribution in [0.5, 0.6) is 0 Å². The largest absolute Gasteiger partial charge is 0.296 e. The molecule has 1 aromatic carbocycles. The first-order valence-corrected chi connectivity index (χ1v) is 10.4. The van der Waals surface area contributed by atoms with Gasteiger partial charge in [-0.3, -0.25) is 4.90 Å². The van der Waals surface area contributed by atoms with E-state index in [1.54, 1.807) is 8.61 Å². The first-order valence-electron chi connectivity index (χ1n) is 9.03. The molecule has 0 spiro atoms. The number of piperazine rings is 1. The van der Waals surface area contributed by atoms with Crippen LogP contribution >= 0.6 is 0 Å². The van der Waals surface area contributed by atoms with E-state index in [9.17, 15) is 8.42 Å². The van der Waals surface area contributed by atoms with E-state index >= 15 is 0 Å². The number of hydrogen-bond donors (Lipinski definition) is 0. The lowest BCUT2D eigenvalue weighted by Gasteiger charge is -2.35. The van der Waals surface area contributed by atoms with E-state index in [-0.39, 0.29) is 0 Å². The van der Waals surface area contributed by atoms with E-state index in [0.717, 1.165) is 32.5 Å². The molecule has 0 aliphatic carbocycles. The molecule has 2 heterocycles. The molecule has 6 heteroatoms. The van der Waals surface area contributed by atoms with Gasteiger partial charge in [-0.1, -0.05) is 38.1 Å². The van der Waals surface area contributed by atoms with Gasteiger partial charge in [0.15, 0.2) is 0 Å². The third kappa shape index (κ3) is 3.99. The predicted octanol–water partition coefficient (Wildman–Crippen LogP) is 2.27. The lowest BCUT2D eigenvalue weighted by molar-refractivity contribution is 0.176. The zero-order valence-corrected chi connectivity index (χ0v) is 15.6. The quantitative estimate of drug-likeness (QED) is 0.817. The predicted molar refractivity (Wildman–Crippen MR) is 97.1 cm³/mol. The van der Waals surface area contributed by atoms with Gasteiger partial charge in [-0.05, 0) is 29.9 Å². The number of rotatable bonds is 5. The van der Waals surface area contributed by atoms with E-state index in [4.69, 9.17) is 0 Å². The molecule has 2 saturated heterocycles. The molecule has 134 valence electrons. The van der Waals surface area contributed by atoms with Gasteiger partial charge in [0.05, 0.1) is 0 Å². The Kier molecular flexibility index (Phi) is 5.59.